The van der Waals surface area contributed by atoms with E-state index in [0.717, 1.165) is 0 Å². The molecule has 0 spiro atoms. The van der Waals surface area contributed by atoms with Crippen molar-refractivity contribution in [1.29, 1.82) is 0 Å². The standard InChI is InChI=1S/C27H35NO7/c1-7-32-26(30)23(17(3)4)34-21-13-9-19(10-14-21)25(29)28-20-11-15-22(16-12-20)35-24(18(5)6)27(31)33-8-2/h9-18,23-24H,7-8H2,1-6H3,(H,28,29). The number of rotatable bonds is 12. The van der Waals surface area contributed by atoms with Crippen LogP contribution in [0.15, 0.2) is 48.5 Å². The highest BCUT2D eigenvalue weighted by molar-refractivity contribution is 6.04. The average Bonchev–Trinajstić information content (AvgIpc) is 2.82. The fourth-order valence-corrected chi connectivity index (χ4v) is 3.16. The van der Waals surface area contributed by atoms with Crippen molar-refractivity contribution in [3.05, 3.63) is 54.1 Å². The van der Waals surface area contributed by atoms with Gasteiger partial charge in [-0.3, -0.25) is 4.79 Å². The number of carbonyl (C=O) groups excluding carboxylic acids is 3. The minimum Gasteiger partial charge on any atom is -0.478 e. The zero-order valence-corrected chi connectivity index (χ0v) is 21.2. The Kier molecular flexibility index (Phi) is 10.6. The third kappa shape index (κ3) is 8.31. The van der Waals surface area contributed by atoms with E-state index in [1.807, 2.05) is 27.7 Å². The maximum atomic E-state index is 12.6. The normalized spacial score (nSPS) is 12.6. The fourth-order valence-electron chi connectivity index (χ4n) is 3.16. The Morgan fingerprint density at radius 2 is 1.09 bits per heavy atom. The summed E-state index contributed by atoms with van der Waals surface area (Å²) in [4.78, 5) is 36.8. The van der Waals surface area contributed by atoms with E-state index in [2.05, 4.69) is 5.32 Å². The summed E-state index contributed by atoms with van der Waals surface area (Å²) >= 11 is 0. The van der Waals surface area contributed by atoms with Crippen LogP contribution in [-0.2, 0) is 19.1 Å². The Balaban J connectivity index is 2.00. The van der Waals surface area contributed by atoms with Gasteiger partial charge in [0, 0.05) is 23.1 Å². The van der Waals surface area contributed by atoms with Crippen molar-refractivity contribution in [2.75, 3.05) is 18.5 Å². The molecule has 2 atom stereocenters. The summed E-state index contributed by atoms with van der Waals surface area (Å²) in [6, 6.07) is 13.3. The summed E-state index contributed by atoms with van der Waals surface area (Å²) in [5.41, 5.74) is 0.999. The zero-order chi connectivity index (χ0) is 26.0. The predicted octanol–water partition coefficient (Wildman–Crippen LogP) is 4.87. The number of benzene rings is 2. The molecule has 2 aromatic carbocycles. The number of esters is 2. The molecule has 2 rings (SSSR count). The molecule has 0 aliphatic heterocycles. The van der Waals surface area contributed by atoms with E-state index >= 15 is 0 Å². The van der Waals surface area contributed by atoms with Gasteiger partial charge in [-0.1, -0.05) is 27.7 Å². The Morgan fingerprint density at radius 1 is 0.686 bits per heavy atom. The van der Waals surface area contributed by atoms with Crippen LogP contribution < -0.4 is 14.8 Å². The molecular formula is C27H35NO7. The smallest absolute Gasteiger partial charge is 0.347 e. The first kappa shape index (κ1) is 27.7. The Morgan fingerprint density at radius 3 is 1.46 bits per heavy atom. The molecule has 0 bridgehead atoms. The van der Waals surface area contributed by atoms with Crippen molar-refractivity contribution in [2.45, 2.75) is 53.8 Å². The van der Waals surface area contributed by atoms with Crippen molar-refractivity contribution in [2.24, 2.45) is 11.8 Å². The van der Waals surface area contributed by atoms with E-state index in [-0.39, 0.29) is 31.0 Å². The Hall–Kier alpha value is -3.55. The summed E-state index contributed by atoms with van der Waals surface area (Å²) in [7, 11) is 0. The van der Waals surface area contributed by atoms with Crippen LogP contribution in [0.1, 0.15) is 51.9 Å². The second kappa shape index (κ2) is 13.4. The zero-order valence-electron chi connectivity index (χ0n) is 21.2. The largest absolute Gasteiger partial charge is 0.478 e. The average molecular weight is 486 g/mol. The van der Waals surface area contributed by atoms with Gasteiger partial charge in [-0.05, 0) is 62.4 Å². The second-order valence-electron chi connectivity index (χ2n) is 8.57. The van der Waals surface area contributed by atoms with Crippen LogP contribution in [0.25, 0.3) is 0 Å². The van der Waals surface area contributed by atoms with Crippen LogP contribution in [0.4, 0.5) is 5.69 Å². The SMILES string of the molecule is CCOC(=O)C(Oc1ccc(NC(=O)c2ccc(OC(C(=O)OCC)C(C)C)cc2)cc1)C(C)C. The quantitative estimate of drug-likeness (QED) is 0.428. The van der Waals surface area contributed by atoms with Gasteiger partial charge < -0.3 is 24.3 Å². The number of anilines is 1. The molecule has 0 fully saturated rings. The van der Waals surface area contributed by atoms with Gasteiger partial charge in [0.2, 0.25) is 0 Å². The molecule has 1 N–H and O–H groups in total. The van der Waals surface area contributed by atoms with E-state index in [0.29, 0.717) is 22.7 Å². The van der Waals surface area contributed by atoms with Crippen LogP contribution >= 0.6 is 0 Å². The Bertz CT molecular complexity index is 968. The number of carbonyl (C=O) groups is 3. The molecule has 35 heavy (non-hydrogen) atoms. The minimum absolute atomic E-state index is 0.0616. The van der Waals surface area contributed by atoms with E-state index in [9.17, 15) is 14.4 Å². The van der Waals surface area contributed by atoms with E-state index in [4.69, 9.17) is 18.9 Å². The van der Waals surface area contributed by atoms with Gasteiger partial charge in [0.1, 0.15) is 11.5 Å². The van der Waals surface area contributed by atoms with Crippen LogP contribution in [0.2, 0.25) is 0 Å². The fraction of sp³-hybridized carbons (Fsp3) is 0.444. The van der Waals surface area contributed by atoms with Gasteiger partial charge >= 0.3 is 11.9 Å². The minimum atomic E-state index is -0.727. The first-order valence-corrected chi connectivity index (χ1v) is 11.8. The number of nitrogens with one attached hydrogen (secondary N) is 1. The Labute approximate surface area is 206 Å². The van der Waals surface area contributed by atoms with Gasteiger partial charge in [0.15, 0.2) is 12.2 Å². The van der Waals surface area contributed by atoms with Gasteiger partial charge in [-0.2, -0.15) is 0 Å². The predicted molar refractivity (Wildman–Crippen MR) is 133 cm³/mol. The molecule has 0 aliphatic rings. The van der Waals surface area contributed by atoms with Gasteiger partial charge in [-0.25, -0.2) is 9.59 Å². The molecule has 8 heteroatoms. The maximum Gasteiger partial charge on any atom is 0.347 e. The molecule has 0 saturated heterocycles. The van der Waals surface area contributed by atoms with Gasteiger partial charge in [0.25, 0.3) is 5.91 Å². The van der Waals surface area contributed by atoms with Crippen LogP contribution in [-0.4, -0.2) is 43.3 Å². The van der Waals surface area contributed by atoms with E-state index < -0.39 is 24.1 Å². The highest BCUT2D eigenvalue weighted by atomic mass is 16.6. The number of hydrogen-bond donors (Lipinski definition) is 1. The monoisotopic (exact) mass is 485 g/mol. The second-order valence-corrected chi connectivity index (χ2v) is 8.57. The highest BCUT2D eigenvalue weighted by Crippen LogP contribution is 2.22. The summed E-state index contributed by atoms with van der Waals surface area (Å²) in [6.45, 7) is 11.6. The highest BCUT2D eigenvalue weighted by Gasteiger charge is 2.26. The van der Waals surface area contributed by atoms with Gasteiger partial charge in [0.05, 0.1) is 13.2 Å². The van der Waals surface area contributed by atoms with Crippen LogP contribution in [0, 0.1) is 11.8 Å². The first-order chi connectivity index (χ1) is 16.7. The summed E-state index contributed by atoms with van der Waals surface area (Å²) in [5, 5.41) is 2.82. The lowest BCUT2D eigenvalue weighted by Gasteiger charge is -2.21. The molecule has 0 aromatic heterocycles. The molecule has 1 amide bonds. The lowest BCUT2D eigenvalue weighted by Crippen LogP contribution is -2.34. The van der Waals surface area contributed by atoms with Crippen LogP contribution in [0.3, 0.4) is 0 Å². The van der Waals surface area contributed by atoms with Gasteiger partial charge in [-0.15, -0.1) is 0 Å². The third-order valence-corrected chi connectivity index (χ3v) is 5.00. The third-order valence-electron chi connectivity index (χ3n) is 5.00. The van der Waals surface area contributed by atoms with Crippen molar-refractivity contribution in [3.63, 3.8) is 0 Å². The summed E-state index contributed by atoms with van der Waals surface area (Å²) in [5.74, 6) is -0.296. The summed E-state index contributed by atoms with van der Waals surface area (Å²) in [6.07, 6.45) is -1.44. The molecule has 0 saturated carbocycles. The molecule has 2 unspecified atom stereocenters. The molecule has 0 radical (unpaired) electrons. The lowest BCUT2D eigenvalue weighted by atomic mass is 10.1. The van der Waals surface area contributed by atoms with Crippen molar-refractivity contribution < 1.29 is 33.3 Å². The van der Waals surface area contributed by atoms with Crippen molar-refractivity contribution in [3.8, 4) is 11.5 Å². The molecule has 8 nitrogen and oxygen atoms in total. The lowest BCUT2D eigenvalue weighted by molar-refractivity contribution is -0.154. The molecule has 2 aromatic rings. The van der Waals surface area contributed by atoms with Crippen molar-refractivity contribution >= 4 is 23.5 Å². The number of amides is 1. The topological polar surface area (TPSA) is 100 Å². The number of ether oxygens (including phenoxy) is 4. The van der Waals surface area contributed by atoms with Crippen molar-refractivity contribution in [1.82, 2.24) is 0 Å². The maximum absolute atomic E-state index is 12.6. The number of hydrogen-bond acceptors (Lipinski definition) is 7. The molecule has 0 aliphatic carbocycles. The van der Waals surface area contributed by atoms with E-state index in [1.54, 1.807) is 62.4 Å². The molecule has 190 valence electrons. The van der Waals surface area contributed by atoms with Crippen LogP contribution in [0.5, 0.6) is 11.5 Å². The first-order valence-electron chi connectivity index (χ1n) is 11.8. The van der Waals surface area contributed by atoms with E-state index in [1.165, 1.54) is 0 Å². The molecule has 0 heterocycles. The summed E-state index contributed by atoms with van der Waals surface area (Å²) < 4.78 is 21.7. The molecular weight excluding hydrogens is 450 g/mol.